The van der Waals surface area contributed by atoms with E-state index in [1.54, 1.807) is 4.90 Å². The van der Waals surface area contributed by atoms with Crippen molar-refractivity contribution in [3.63, 3.8) is 0 Å². The lowest BCUT2D eigenvalue weighted by molar-refractivity contribution is 0.0657. The predicted molar refractivity (Wildman–Crippen MR) is 107 cm³/mol. The molecule has 2 aromatic rings. The van der Waals surface area contributed by atoms with Crippen molar-refractivity contribution in [3.8, 4) is 0 Å². The number of fused-ring (bicyclic) bond motifs is 1. The second kappa shape index (κ2) is 7.84. The highest BCUT2D eigenvalue weighted by atomic mass is 16.5. The molecule has 2 aromatic carbocycles. The Bertz CT molecular complexity index is 872. The molecule has 0 N–H and O–H groups in total. The van der Waals surface area contributed by atoms with E-state index in [-0.39, 0.29) is 17.9 Å². The molecular weight excluding hydrogens is 340 g/mol. The highest BCUT2D eigenvalue weighted by molar-refractivity contribution is 6.10. The fourth-order valence-corrected chi connectivity index (χ4v) is 3.12. The Hall–Kier alpha value is -2.79. The molecule has 0 aromatic heterocycles. The smallest absolute Gasteiger partial charge is 0.258 e. The van der Waals surface area contributed by atoms with Gasteiger partial charge in [0.1, 0.15) is 0 Å². The Morgan fingerprint density at radius 2 is 1.89 bits per heavy atom. The van der Waals surface area contributed by atoms with Gasteiger partial charge < -0.3 is 9.64 Å². The Balaban J connectivity index is 1.77. The normalized spacial score (nSPS) is 14.4. The monoisotopic (exact) mass is 364 g/mol. The van der Waals surface area contributed by atoms with Crippen LogP contribution in [-0.2, 0) is 17.9 Å². The van der Waals surface area contributed by atoms with Gasteiger partial charge in [0.25, 0.3) is 5.91 Å². The fraction of sp³-hybridized carbons (Fsp3) is 0.318. The maximum Gasteiger partial charge on any atom is 0.258 e. The minimum Gasteiger partial charge on any atom is -0.374 e. The van der Waals surface area contributed by atoms with Gasteiger partial charge in [0.05, 0.1) is 25.0 Å². The van der Waals surface area contributed by atoms with Crippen molar-refractivity contribution in [2.24, 2.45) is 5.18 Å². The van der Waals surface area contributed by atoms with Gasteiger partial charge in [-0.15, -0.1) is 4.91 Å². The molecule has 1 aliphatic heterocycles. The topological polar surface area (TPSA) is 59.0 Å². The average Bonchev–Trinajstić information content (AvgIpc) is 3.01. The van der Waals surface area contributed by atoms with Crippen molar-refractivity contribution in [1.29, 1.82) is 0 Å². The number of carbonyl (C=O) groups is 1. The third-order valence-electron chi connectivity index (χ3n) is 4.88. The number of nitrogens with zero attached hydrogens (tertiary/aromatic N) is 2. The number of hydrogen-bond acceptors (Lipinski definition) is 4. The van der Waals surface area contributed by atoms with E-state index < -0.39 is 0 Å². The highest BCUT2D eigenvalue weighted by Gasteiger charge is 2.28. The van der Waals surface area contributed by atoms with Crippen molar-refractivity contribution in [1.82, 2.24) is 0 Å². The van der Waals surface area contributed by atoms with Crippen molar-refractivity contribution in [2.45, 2.75) is 45.9 Å². The van der Waals surface area contributed by atoms with Gasteiger partial charge in [-0.25, -0.2) is 0 Å². The standard InChI is InChI=1S/C22H24N2O3/c1-14(2)27-13-17-5-6-19-12-24(22(25)21(19)11-17)20-9-7-18(8-10-20)15(3)16(4)23-26/h5-11,14-15H,4,12-13H2,1-3H3. The molecule has 27 heavy (non-hydrogen) atoms. The Morgan fingerprint density at radius 1 is 1.19 bits per heavy atom. The quantitative estimate of drug-likeness (QED) is 0.638. The number of benzene rings is 2. The number of nitroso groups, excluding NO2 is 1. The summed E-state index contributed by atoms with van der Waals surface area (Å²) >= 11 is 0. The second-order valence-corrected chi connectivity index (χ2v) is 7.14. The molecule has 3 rings (SSSR count). The molecule has 1 atom stereocenters. The van der Waals surface area contributed by atoms with Crippen molar-refractivity contribution < 1.29 is 9.53 Å². The molecule has 1 aliphatic rings. The van der Waals surface area contributed by atoms with E-state index in [4.69, 9.17) is 4.74 Å². The van der Waals surface area contributed by atoms with Crippen molar-refractivity contribution in [3.05, 3.63) is 81.9 Å². The van der Waals surface area contributed by atoms with Crippen LogP contribution in [0.4, 0.5) is 5.69 Å². The van der Waals surface area contributed by atoms with E-state index >= 15 is 0 Å². The third kappa shape index (κ3) is 3.98. The van der Waals surface area contributed by atoms with Crippen LogP contribution in [0.3, 0.4) is 0 Å². The summed E-state index contributed by atoms with van der Waals surface area (Å²) in [6, 6.07) is 13.6. The molecule has 5 nitrogen and oxygen atoms in total. The summed E-state index contributed by atoms with van der Waals surface area (Å²) in [5, 5.41) is 2.92. The van der Waals surface area contributed by atoms with Crippen LogP contribution in [0.1, 0.15) is 53.7 Å². The third-order valence-corrected chi connectivity index (χ3v) is 4.88. The van der Waals surface area contributed by atoms with Crippen LogP contribution >= 0.6 is 0 Å². The Morgan fingerprint density at radius 3 is 2.52 bits per heavy atom. The summed E-state index contributed by atoms with van der Waals surface area (Å²) in [5.74, 6) is -0.150. The maximum absolute atomic E-state index is 12.9. The molecule has 0 saturated heterocycles. The molecule has 140 valence electrons. The number of amides is 1. The summed E-state index contributed by atoms with van der Waals surface area (Å²) < 4.78 is 5.64. The number of carbonyl (C=O) groups excluding carboxylic acids is 1. The lowest BCUT2D eigenvalue weighted by atomic mass is 9.98. The lowest BCUT2D eigenvalue weighted by Crippen LogP contribution is -2.23. The molecule has 1 unspecified atom stereocenters. The first-order valence-corrected chi connectivity index (χ1v) is 9.08. The summed E-state index contributed by atoms with van der Waals surface area (Å²) in [4.78, 5) is 25.3. The van der Waals surface area contributed by atoms with Crippen molar-refractivity contribution >= 4 is 11.6 Å². The lowest BCUT2D eigenvalue weighted by Gasteiger charge is -2.17. The summed E-state index contributed by atoms with van der Waals surface area (Å²) in [7, 11) is 0. The van der Waals surface area contributed by atoms with Crippen LogP contribution < -0.4 is 4.90 Å². The van der Waals surface area contributed by atoms with Crippen LogP contribution in [0, 0.1) is 4.91 Å². The number of allylic oxidation sites excluding steroid dienone is 1. The molecule has 0 radical (unpaired) electrons. The maximum atomic E-state index is 12.9. The SMILES string of the molecule is C=C(N=O)C(C)c1ccc(N2Cc3ccc(COC(C)C)cc3C2=O)cc1. The zero-order chi connectivity index (χ0) is 19.6. The molecule has 0 bridgehead atoms. The first-order chi connectivity index (χ1) is 12.9. The van der Waals surface area contributed by atoms with Gasteiger partial charge in [-0.2, -0.15) is 0 Å². The minimum absolute atomic E-state index is 0.00355. The number of anilines is 1. The Kier molecular flexibility index (Phi) is 5.51. The molecular formula is C22H24N2O3. The van der Waals surface area contributed by atoms with Crippen molar-refractivity contribution in [2.75, 3.05) is 4.90 Å². The van der Waals surface area contributed by atoms with E-state index in [9.17, 15) is 9.70 Å². The number of hydrogen-bond donors (Lipinski definition) is 0. The van der Waals surface area contributed by atoms with Gasteiger partial charge in [-0.1, -0.05) is 37.8 Å². The molecule has 1 amide bonds. The zero-order valence-corrected chi connectivity index (χ0v) is 15.9. The van der Waals surface area contributed by atoms with Gasteiger partial charge in [-0.3, -0.25) is 4.79 Å². The van der Waals surface area contributed by atoms with E-state index in [1.165, 1.54) is 0 Å². The minimum atomic E-state index is -0.147. The largest absolute Gasteiger partial charge is 0.374 e. The molecule has 0 aliphatic carbocycles. The van der Waals surface area contributed by atoms with Gasteiger partial charge in [0.2, 0.25) is 0 Å². The number of rotatable bonds is 7. The van der Waals surface area contributed by atoms with Gasteiger partial charge >= 0.3 is 0 Å². The first-order valence-electron chi connectivity index (χ1n) is 9.08. The van der Waals surface area contributed by atoms with E-state index in [0.29, 0.717) is 18.8 Å². The first kappa shape index (κ1) is 19.0. The summed E-state index contributed by atoms with van der Waals surface area (Å²) in [6.07, 6.45) is 0.150. The second-order valence-electron chi connectivity index (χ2n) is 7.14. The molecule has 0 saturated carbocycles. The van der Waals surface area contributed by atoms with Crippen LogP contribution in [-0.4, -0.2) is 12.0 Å². The predicted octanol–water partition coefficient (Wildman–Crippen LogP) is 5.16. The molecule has 5 heteroatoms. The Labute approximate surface area is 159 Å². The highest BCUT2D eigenvalue weighted by Crippen LogP contribution is 2.31. The van der Waals surface area contributed by atoms with E-state index in [2.05, 4.69) is 11.8 Å². The van der Waals surface area contributed by atoms with Crippen LogP contribution in [0.2, 0.25) is 0 Å². The average molecular weight is 364 g/mol. The summed E-state index contributed by atoms with van der Waals surface area (Å²) in [5.41, 5.74) is 4.82. The van der Waals surface area contributed by atoms with Crippen LogP contribution in [0.25, 0.3) is 0 Å². The van der Waals surface area contributed by atoms with Crippen LogP contribution in [0.5, 0.6) is 0 Å². The molecule has 0 fully saturated rings. The van der Waals surface area contributed by atoms with E-state index in [0.717, 1.165) is 27.9 Å². The molecule has 1 heterocycles. The van der Waals surface area contributed by atoms with Crippen LogP contribution in [0.15, 0.2) is 59.9 Å². The fourth-order valence-electron chi connectivity index (χ4n) is 3.12. The van der Waals surface area contributed by atoms with E-state index in [1.807, 2.05) is 63.2 Å². The zero-order valence-electron chi connectivity index (χ0n) is 15.9. The van der Waals surface area contributed by atoms with Gasteiger partial charge in [0, 0.05) is 17.2 Å². The number of ether oxygens (including phenoxy) is 1. The molecule has 0 spiro atoms. The summed E-state index contributed by atoms with van der Waals surface area (Å²) in [6.45, 7) is 10.6. The van der Waals surface area contributed by atoms with Gasteiger partial charge in [-0.05, 0) is 53.9 Å². The van der Waals surface area contributed by atoms with Gasteiger partial charge in [0.15, 0.2) is 0 Å².